The number of sulfonamides is 1. The summed E-state index contributed by atoms with van der Waals surface area (Å²) in [7, 11) is -2.48. The highest BCUT2D eigenvalue weighted by Crippen LogP contribution is 2.22. The SMILES string of the molecule is CN(c1ccc(C(=O)O)cc1)S(=O)(=O)c1ccc(F)cc1. The molecule has 0 fully saturated rings. The lowest BCUT2D eigenvalue weighted by Crippen LogP contribution is -2.26. The maximum Gasteiger partial charge on any atom is 0.335 e. The predicted octanol–water partition coefficient (Wildman–Crippen LogP) is 2.35. The molecule has 0 saturated carbocycles. The number of benzene rings is 2. The van der Waals surface area contributed by atoms with Crippen LogP contribution >= 0.6 is 0 Å². The normalized spacial score (nSPS) is 11.1. The zero-order valence-electron chi connectivity index (χ0n) is 11.0. The monoisotopic (exact) mass is 309 g/mol. The van der Waals surface area contributed by atoms with Gasteiger partial charge in [0.25, 0.3) is 10.0 Å². The van der Waals surface area contributed by atoms with Gasteiger partial charge in [0, 0.05) is 7.05 Å². The zero-order valence-corrected chi connectivity index (χ0v) is 11.8. The Kier molecular flexibility index (Phi) is 3.95. The highest BCUT2D eigenvalue weighted by Gasteiger charge is 2.21. The van der Waals surface area contributed by atoms with E-state index in [2.05, 4.69) is 0 Å². The molecule has 7 heteroatoms. The molecule has 1 N–H and O–H groups in total. The number of anilines is 1. The fraction of sp³-hybridized carbons (Fsp3) is 0.0714. The summed E-state index contributed by atoms with van der Waals surface area (Å²) < 4.78 is 38.6. The molecule has 0 heterocycles. The Labute approximate surface area is 121 Å². The number of carbonyl (C=O) groups is 1. The molecule has 0 amide bonds. The Balaban J connectivity index is 2.35. The van der Waals surface area contributed by atoms with Gasteiger partial charge in [0.1, 0.15) is 5.82 Å². The number of halogens is 1. The molecule has 0 atom stereocenters. The molecule has 0 aliphatic heterocycles. The first-order valence-electron chi connectivity index (χ1n) is 5.90. The minimum atomic E-state index is -3.82. The average molecular weight is 309 g/mol. The minimum Gasteiger partial charge on any atom is -0.478 e. The number of rotatable bonds is 4. The van der Waals surface area contributed by atoms with Crippen LogP contribution in [0, 0.1) is 5.82 Å². The minimum absolute atomic E-state index is 0.0475. The zero-order chi connectivity index (χ0) is 15.6. The largest absolute Gasteiger partial charge is 0.478 e. The summed E-state index contributed by atoms with van der Waals surface area (Å²) in [5, 5.41) is 8.81. The molecule has 0 bridgehead atoms. The van der Waals surface area contributed by atoms with Crippen molar-refractivity contribution in [3.8, 4) is 0 Å². The van der Waals surface area contributed by atoms with E-state index >= 15 is 0 Å². The first-order valence-corrected chi connectivity index (χ1v) is 7.34. The van der Waals surface area contributed by atoms with E-state index in [0.717, 1.165) is 16.4 Å². The Morgan fingerprint density at radius 2 is 1.57 bits per heavy atom. The highest BCUT2D eigenvalue weighted by molar-refractivity contribution is 7.92. The van der Waals surface area contributed by atoms with Gasteiger partial charge in [-0.3, -0.25) is 4.31 Å². The van der Waals surface area contributed by atoms with Gasteiger partial charge in [-0.2, -0.15) is 0 Å². The quantitative estimate of drug-likeness (QED) is 0.940. The van der Waals surface area contributed by atoms with Crippen molar-refractivity contribution in [1.82, 2.24) is 0 Å². The second-order valence-corrected chi connectivity index (χ2v) is 6.25. The Morgan fingerprint density at radius 1 is 1.05 bits per heavy atom. The first-order chi connectivity index (χ1) is 9.82. The van der Waals surface area contributed by atoms with Crippen LogP contribution in [0.2, 0.25) is 0 Å². The van der Waals surface area contributed by atoms with Crippen LogP contribution in [0.5, 0.6) is 0 Å². The molecule has 5 nitrogen and oxygen atoms in total. The van der Waals surface area contributed by atoms with E-state index in [4.69, 9.17) is 5.11 Å². The molecule has 2 rings (SSSR count). The molecule has 0 aliphatic rings. The van der Waals surface area contributed by atoms with Crippen molar-refractivity contribution in [2.45, 2.75) is 4.90 Å². The molecule has 0 radical (unpaired) electrons. The van der Waals surface area contributed by atoms with Gasteiger partial charge >= 0.3 is 5.97 Å². The smallest absolute Gasteiger partial charge is 0.335 e. The third-order valence-electron chi connectivity index (χ3n) is 2.95. The Hall–Kier alpha value is -2.41. The average Bonchev–Trinajstić information content (AvgIpc) is 2.47. The molecule has 0 aliphatic carbocycles. The standard InChI is InChI=1S/C14H12FNO4S/c1-16(12-6-2-10(3-7-12)14(17)18)21(19,20)13-8-4-11(15)5-9-13/h2-9H,1H3,(H,17,18). The molecule has 0 unspecified atom stereocenters. The number of carboxylic acid groups (broad SMARTS) is 1. The van der Waals surface area contributed by atoms with E-state index in [1.165, 1.54) is 43.4 Å². The van der Waals surface area contributed by atoms with Crippen LogP contribution in [0.1, 0.15) is 10.4 Å². The van der Waals surface area contributed by atoms with Crippen LogP contribution in [0.15, 0.2) is 53.4 Å². The van der Waals surface area contributed by atoms with Crippen LogP contribution < -0.4 is 4.31 Å². The van der Waals surface area contributed by atoms with E-state index in [-0.39, 0.29) is 10.5 Å². The molecule has 21 heavy (non-hydrogen) atoms. The van der Waals surface area contributed by atoms with Crippen LogP contribution in [0.25, 0.3) is 0 Å². The van der Waals surface area contributed by atoms with Crippen molar-refractivity contribution < 1.29 is 22.7 Å². The van der Waals surface area contributed by atoms with Crippen LogP contribution in [0.3, 0.4) is 0 Å². The first kappa shape index (κ1) is 15.0. The summed E-state index contributed by atoms with van der Waals surface area (Å²) >= 11 is 0. The fourth-order valence-electron chi connectivity index (χ4n) is 1.72. The molecular formula is C14H12FNO4S. The molecular weight excluding hydrogens is 297 g/mol. The number of hydrogen-bond donors (Lipinski definition) is 1. The highest BCUT2D eigenvalue weighted by atomic mass is 32.2. The van der Waals surface area contributed by atoms with Crippen molar-refractivity contribution in [2.75, 3.05) is 11.4 Å². The van der Waals surface area contributed by atoms with E-state index in [1.807, 2.05) is 0 Å². The Bertz CT molecular complexity index is 755. The van der Waals surface area contributed by atoms with Crippen molar-refractivity contribution >= 4 is 21.7 Å². The van der Waals surface area contributed by atoms with E-state index in [9.17, 15) is 17.6 Å². The summed E-state index contributed by atoms with van der Waals surface area (Å²) in [6.45, 7) is 0. The summed E-state index contributed by atoms with van der Waals surface area (Å²) in [6, 6.07) is 9.89. The van der Waals surface area contributed by atoms with E-state index in [1.54, 1.807) is 0 Å². The van der Waals surface area contributed by atoms with Crippen LogP contribution in [-0.4, -0.2) is 26.5 Å². The van der Waals surface area contributed by atoms with Crippen molar-refractivity contribution in [3.05, 3.63) is 59.9 Å². The fourth-order valence-corrected chi connectivity index (χ4v) is 2.91. The number of aromatic carboxylic acids is 1. The number of carboxylic acids is 1. The maximum atomic E-state index is 12.9. The molecule has 2 aromatic rings. The van der Waals surface area contributed by atoms with Crippen molar-refractivity contribution in [1.29, 1.82) is 0 Å². The Morgan fingerprint density at radius 3 is 2.05 bits per heavy atom. The van der Waals surface area contributed by atoms with Crippen molar-refractivity contribution in [2.24, 2.45) is 0 Å². The molecule has 0 saturated heterocycles. The third-order valence-corrected chi connectivity index (χ3v) is 4.75. The lowest BCUT2D eigenvalue weighted by Gasteiger charge is -2.19. The molecule has 110 valence electrons. The van der Waals surface area contributed by atoms with Gasteiger partial charge in [-0.15, -0.1) is 0 Å². The van der Waals surface area contributed by atoms with Gasteiger partial charge in [0.2, 0.25) is 0 Å². The van der Waals surface area contributed by atoms with E-state index < -0.39 is 21.8 Å². The summed E-state index contributed by atoms with van der Waals surface area (Å²) in [5.74, 6) is -1.62. The van der Waals surface area contributed by atoms with Gasteiger partial charge < -0.3 is 5.11 Å². The van der Waals surface area contributed by atoms with Gasteiger partial charge in [-0.1, -0.05) is 0 Å². The van der Waals surface area contributed by atoms with Crippen LogP contribution in [-0.2, 0) is 10.0 Å². The lowest BCUT2D eigenvalue weighted by atomic mass is 10.2. The van der Waals surface area contributed by atoms with E-state index in [0.29, 0.717) is 5.69 Å². The van der Waals surface area contributed by atoms with Gasteiger partial charge in [0.05, 0.1) is 16.1 Å². The molecule has 2 aromatic carbocycles. The molecule has 0 aromatic heterocycles. The number of nitrogens with zero attached hydrogens (tertiary/aromatic N) is 1. The second kappa shape index (κ2) is 5.53. The van der Waals surface area contributed by atoms with Crippen LogP contribution in [0.4, 0.5) is 10.1 Å². The van der Waals surface area contributed by atoms with Gasteiger partial charge in [-0.25, -0.2) is 17.6 Å². The van der Waals surface area contributed by atoms with Gasteiger partial charge in [0.15, 0.2) is 0 Å². The topological polar surface area (TPSA) is 74.7 Å². The summed E-state index contributed by atoms with van der Waals surface area (Å²) in [5.41, 5.74) is 0.371. The van der Waals surface area contributed by atoms with Gasteiger partial charge in [-0.05, 0) is 48.5 Å². The second-order valence-electron chi connectivity index (χ2n) is 4.28. The summed E-state index contributed by atoms with van der Waals surface area (Å²) in [4.78, 5) is 10.7. The lowest BCUT2D eigenvalue weighted by molar-refractivity contribution is 0.0697. The molecule has 0 spiro atoms. The predicted molar refractivity (Wildman–Crippen MR) is 75.4 cm³/mol. The number of hydrogen-bond acceptors (Lipinski definition) is 3. The third kappa shape index (κ3) is 3.03. The van der Waals surface area contributed by atoms with Crippen molar-refractivity contribution in [3.63, 3.8) is 0 Å². The summed E-state index contributed by atoms with van der Waals surface area (Å²) in [6.07, 6.45) is 0. The maximum absolute atomic E-state index is 12.9.